The van der Waals surface area contributed by atoms with Crippen molar-refractivity contribution in [2.24, 2.45) is 0 Å². The molecule has 0 aromatic heterocycles. The van der Waals surface area contributed by atoms with Gasteiger partial charge in [-0.2, -0.15) is 0 Å². The molecule has 0 bridgehead atoms. The monoisotopic (exact) mass is 312 g/mol. The molecule has 0 aliphatic rings. The van der Waals surface area contributed by atoms with Crippen molar-refractivity contribution in [3.63, 3.8) is 0 Å². The van der Waals surface area contributed by atoms with Crippen molar-refractivity contribution in [2.75, 3.05) is 7.11 Å². The quantitative estimate of drug-likeness (QED) is 0.873. The molecule has 0 aliphatic heterocycles. The zero-order valence-electron chi connectivity index (χ0n) is 11.3. The molecule has 116 valence electrons. The van der Waals surface area contributed by atoms with Crippen molar-refractivity contribution < 1.29 is 32.5 Å². The van der Waals surface area contributed by atoms with Crippen LogP contribution < -0.4 is 9.47 Å². The Bertz CT molecular complexity index is 696. The number of ether oxygens (including phenoxy) is 2. The molecule has 0 unspecified atom stereocenters. The standard InChI is InChI=1S/C15H11F3O4/c1-21-14-7-11(9(8-19)6-12(14)20)10-4-2-3-5-13(10)22-15(16,17)18/h2-8,20H,1H3. The highest BCUT2D eigenvalue weighted by Gasteiger charge is 2.32. The first-order valence-corrected chi connectivity index (χ1v) is 6.07. The Morgan fingerprint density at radius 1 is 1.09 bits per heavy atom. The third kappa shape index (κ3) is 3.30. The van der Waals surface area contributed by atoms with E-state index in [1.54, 1.807) is 0 Å². The van der Waals surface area contributed by atoms with E-state index < -0.39 is 12.1 Å². The number of alkyl halides is 3. The van der Waals surface area contributed by atoms with Crippen LogP contribution in [0.25, 0.3) is 11.1 Å². The van der Waals surface area contributed by atoms with Gasteiger partial charge in [-0.3, -0.25) is 4.79 Å². The van der Waals surface area contributed by atoms with Crippen LogP contribution in [-0.4, -0.2) is 24.9 Å². The molecule has 0 radical (unpaired) electrons. The van der Waals surface area contributed by atoms with Gasteiger partial charge in [-0.25, -0.2) is 0 Å². The summed E-state index contributed by atoms with van der Waals surface area (Å²) in [6, 6.07) is 7.79. The minimum atomic E-state index is -4.86. The second-order valence-corrected chi connectivity index (χ2v) is 4.27. The predicted octanol–water partition coefficient (Wildman–Crippen LogP) is 3.78. The first-order chi connectivity index (χ1) is 10.4. The summed E-state index contributed by atoms with van der Waals surface area (Å²) >= 11 is 0. The second kappa shape index (κ2) is 5.97. The summed E-state index contributed by atoms with van der Waals surface area (Å²) < 4.78 is 46.3. The van der Waals surface area contributed by atoms with Gasteiger partial charge in [-0.15, -0.1) is 13.2 Å². The van der Waals surface area contributed by atoms with Gasteiger partial charge in [0.1, 0.15) is 5.75 Å². The summed E-state index contributed by atoms with van der Waals surface area (Å²) in [4.78, 5) is 11.1. The second-order valence-electron chi connectivity index (χ2n) is 4.27. The van der Waals surface area contributed by atoms with Crippen LogP contribution in [0, 0.1) is 0 Å². The Morgan fingerprint density at radius 3 is 2.36 bits per heavy atom. The number of carbonyl (C=O) groups is 1. The molecule has 22 heavy (non-hydrogen) atoms. The largest absolute Gasteiger partial charge is 0.573 e. The van der Waals surface area contributed by atoms with E-state index in [2.05, 4.69) is 4.74 Å². The third-order valence-electron chi connectivity index (χ3n) is 2.88. The van der Waals surface area contributed by atoms with E-state index in [9.17, 15) is 23.1 Å². The summed E-state index contributed by atoms with van der Waals surface area (Å²) in [6.07, 6.45) is -4.43. The third-order valence-corrected chi connectivity index (χ3v) is 2.88. The van der Waals surface area contributed by atoms with Crippen LogP contribution in [0.15, 0.2) is 36.4 Å². The van der Waals surface area contributed by atoms with E-state index in [1.165, 1.54) is 31.4 Å². The summed E-state index contributed by atoms with van der Waals surface area (Å²) in [6.45, 7) is 0. The zero-order valence-corrected chi connectivity index (χ0v) is 11.3. The van der Waals surface area contributed by atoms with E-state index >= 15 is 0 Å². The van der Waals surface area contributed by atoms with Gasteiger partial charge in [0, 0.05) is 11.1 Å². The van der Waals surface area contributed by atoms with E-state index in [0.717, 1.165) is 12.1 Å². The number of halogens is 3. The van der Waals surface area contributed by atoms with Crippen molar-refractivity contribution in [3.05, 3.63) is 42.0 Å². The van der Waals surface area contributed by atoms with Crippen LogP contribution in [0.1, 0.15) is 10.4 Å². The van der Waals surface area contributed by atoms with Crippen molar-refractivity contribution in [1.82, 2.24) is 0 Å². The summed E-state index contributed by atoms with van der Waals surface area (Å²) in [5.74, 6) is -0.712. The lowest BCUT2D eigenvalue weighted by Gasteiger charge is -2.15. The summed E-state index contributed by atoms with van der Waals surface area (Å²) in [7, 11) is 1.29. The summed E-state index contributed by atoms with van der Waals surface area (Å²) in [5.41, 5.74) is 0.223. The Hall–Kier alpha value is -2.70. The Morgan fingerprint density at radius 2 is 1.77 bits per heavy atom. The number of para-hydroxylation sites is 1. The normalized spacial score (nSPS) is 11.1. The molecule has 1 N–H and O–H groups in total. The maximum Gasteiger partial charge on any atom is 0.573 e. The molecule has 0 heterocycles. The molecule has 7 heteroatoms. The smallest absolute Gasteiger partial charge is 0.504 e. The maximum atomic E-state index is 12.5. The average Bonchev–Trinajstić information content (AvgIpc) is 2.46. The highest BCUT2D eigenvalue weighted by molar-refractivity contribution is 5.91. The Labute approximate surface area is 123 Å². The van der Waals surface area contributed by atoms with Gasteiger partial charge in [0.15, 0.2) is 17.8 Å². The molecule has 0 atom stereocenters. The van der Waals surface area contributed by atoms with E-state index in [-0.39, 0.29) is 28.2 Å². The van der Waals surface area contributed by atoms with Crippen molar-refractivity contribution in [3.8, 4) is 28.4 Å². The number of methoxy groups -OCH3 is 1. The molecule has 4 nitrogen and oxygen atoms in total. The zero-order chi connectivity index (χ0) is 16.3. The molecule has 0 fully saturated rings. The first-order valence-electron chi connectivity index (χ1n) is 6.07. The Balaban J connectivity index is 2.63. The topological polar surface area (TPSA) is 55.8 Å². The van der Waals surface area contributed by atoms with Gasteiger partial charge in [0.05, 0.1) is 7.11 Å². The number of benzene rings is 2. The molecular weight excluding hydrogens is 301 g/mol. The van der Waals surface area contributed by atoms with Gasteiger partial charge in [-0.1, -0.05) is 18.2 Å². The van der Waals surface area contributed by atoms with Crippen molar-refractivity contribution in [2.45, 2.75) is 6.36 Å². The van der Waals surface area contributed by atoms with Gasteiger partial charge in [-0.05, 0) is 23.8 Å². The van der Waals surface area contributed by atoms with Gasteiger partial charge in [0.2, 0.25) is 0 Å². The molecule has 0 aliphatic carbocycles. The number of phenolic OH excluding ortho intramolecular Hbond substituents is 1. The van der Waals surface area contributed by atoms with Gasteiger partial charge >= 0.3 is 6.36 Å². The number of phenols is 1. The lowest BCUT2D eigenvalue weighted by Crippen LogP contribution is -2.17. The highest BCUT2D eigenvalue weighted by Crippen LogP contribution is 2.39. The number of aldehydes is 1. The fourth-order valence-corrected chi connectivity index (χ4v) is 1.98. The van der Waals surface area contributed by atoms with Crippen LogP contribution in [-0.2, 0) is 0 Å². The fraction of sp³-hybridized carbons (Fsp3) is 0.133. The average molecular weight is 312 g/mol. The minimum Gasteiger partial charge on any atom is -0.504 e. The number of rotatable bonds is 4. The number of carbonyl (C=O) groups excluding carboxylic acids is 1. The lowest BCUT2D eigenvalue weighted by molar-refractivity contribution is -0.274. The molecule has 0 saturated heterocycles. The van der Waals surface area contributed by atoms with Crippen molar-refractivity contribution in [1.29, 1.82) is 0 Å². The molecule has 0 spiro atoms. The summed E-state index contributed by atoms with van der Waals surface area (Å²) in [5, 5.41) is 9.65. The molecule has 2 rings (SSSR count). The SMILES string of the molecule is COc1cc(-c2ccccc2OC(F)(F)F)c(C=O)cc1O. The van der Waals surface area contributed by atoms with E-state index in [0.29, 0.717) is 6.29 Å². The van der Waals surface area contributed by atoms with Crippen molar-refractivity contribution >= 4 is 6.29 Å². The first kappa shape index (κ1) is 15.7. The van der Waals surface area contributed by atoms with Crippen LogP contribution in [0.2, 0.25) is 0 Å². The maximum absolute atomic E-state index is 12.5. The van der Waals surface area contributed by atoms with Crippen LogP contribution in [0.4, 0.5) is 13.2 Å². The molecule has 2 aromatic carbocycles. The number of aromatic hydroxyl groups is 1. The predicted molar refractivity (Wildman–Crippen MR) is 72.2 cm³/mol. The Kier molecular flexibility index (Phi) is 4.25. The minimum absolute atomic E-state index is 0.0107. The lowest BCUT2D eigenvalue weighted by atomic mass is 9.98. The van der Waals surface area contributed by atoms with Gasteiger partial charge < -0.3 is 14.6 Å². The van der Waals surface area contributed by atoms with Gasteiger partial charge in [0.25, 0.3) is 0 Å². The van der Waals surface area contributed by atoms with E-state index in [1.807, 2.05) is 0 Å². The van der Waals surface area contributed by atoms with Crippen LogP contribution in [0.5, 0.6) is 17.2 Å². The fourth-order valence-electron chi connectivity index (χ4n) is 1.98. The van der Waals surface area contributed by atoms with E-state index in [4.69, 9.17) is 4.74 Å². The molecular formula is C15H11F3O4. The highest BCUT2D eigenvalue weighted by atomic mass is 19.4. The van der Waals surface area contributed by atoms with Crippen LogP contribution >= 0.6 is 0 Å². The number of hydrogen-bond acceptors (Lipinski definition) is 4. The molecule has 0 saturated carbocycles. The number of hydrogen-bond donors (Lipinski definition) is 1. The molecule has 0 amide bonds. The molecule has 2 aromatic rings. The van der Waals surface area contributed by atoms with Crippen LogP contribution in [0.3, 0.4) is 0 Å².